The van der Waals surface area contributed by atoms with Crippen LogP contribution in [0, 0.1) is 6.92 Å². The largest absolute Gasteiger partial charge is 0.239 e. The minimum atomic E-state index is 0.498. The second-order valence-electron chi connectivity index (χ2n) is 5.20. The Bertz CT molecular complexity index is 795. The third kappa shape index (κ3) is 3.06. The maximum atomic E-state index is 6.06. The predicted octanol–water partition coefficient (Wildman–Crippen LogP) is 5.79. The fourth-order valence-corrected chi connectivity index (χ4v) is 3.84. The van der Waals surface area contributed by atoms with Crippen LogP contribution in [0.25, 0.3) is 21.8 Å². The fourth-order valence-electron chi connectivity index (χ4n) is 2.41. The van der Waals surface area contributed by atoms with E-state index in [1.54, 1.807) is 17.4 Å². The molecule has 3 rings (SSSR count). The summed E-state index contributed by atoms with van der Waals surface area (Å²) in [6, 6.07) is 14.1. The van der Waals surface area contributed by atoms with Gasteiger partial charge in [0, 0.05) is 0 Å². The molecular weight excluding hydrogens is 312 g/mol. The Balaban J connectivity index is 2.18. The average molecular weight is 329 g/mol. The molecule has 0 saturated carbocycles. The Kier molecular flexibility index (Phi) is 4.55. The lowest BCUT2D eigenvalue weighted by Gasteiger charge is -2.05. The highest BCUT2D eigenvalue weighted by atomic mass is 35.5. The van der Waals surface area contributed by atoms with Gasteiger partial charge < -0.3 is 0 Å². The number of aromatic nitrogens is 2. The Morgan fingerprint density at radius 3 is 2.59 bits per heavy atom. The number of nitrogens with zero attached hydrogens (tertiary/aromatic N) is 2. The van der Waals surface area contributed by atoms with Crippen molar-refractivity contribution in [2.24, 2.45) is 0 Å². The number of thiazole rings is 1. The van der Waals surface area contributed by atoms with Crippen LogP contribution in [0.2, 0.25) is 5.15 Å². The lowest BCUT2D eigenvalue weighted by molar-refractivity contribution is 0.909. The molecule has 2 nitrogen and oxygen atoms in total. The summed E-state index contributed by atoms with van der Waals surface area (Å²) in [5.74, 6) is 0. The third-order valence-corrected chi connectivity index (χ3v) is 4.84. The van der Waals surface area contributed by atoms with Gasteiger partial charge in [-0.05, 0) is 43.0 Å². The standard InChI is InChI=1S/C18H17ClN2S/c1-3-7-16-21-17(14-10-6-11-15(19)20-14)18(22-16)13-9-5-4-8-12(13)2/h4-6,8-11H,3,7H2,1-2H3. The highest BCUT2D eigenvalue weighted by Gasteiger charge is 2.17. The molecular formula is C18H17ClN2S. The summed E-state index contributed by atoms with van der Waals surface area (Å²) < 4.78 is 0. The van der Waals surface area contributed by atoms with Crippen molar-refractivity contribution in [1.29, 1.82) is 0 Å². The van der Waals surface area contributed by atoms with E-state index in [0.29, 0.717) is 5.15 Å². The molecule has 0 N–H and O–H groups in total. The molecule has 0 bridgehead atoms. The van der Waals surface area contributed by atoms with Crippen LogP contribution in [-0.2, 0) is 6.42 Å². The topological polar surface area (TPSA) is 25.8 Å². The van der Waals surface area contributed by atoms with Gasteiger partial charge >= 0.3 is 0 Å². The first-order valence-electron chi connectivity index (χ1n) is 7.37. The Hall–Kier alpha value is -1.71. The van der Waals surface area contributed by atoms with Gasteiger partial charge in [0.15, 0.2) is 0 Å². The van der Waals surface area contributed by atoms with Crippen LogP contribution >= 0.6 is 22.9 Å². The molecule has 1 aromatic carbocycles. The molecule has 0 radical (unpaired) electrons. The molecule has 0 atom stereocenters. The second kappa shape index (κ2) is 6.59. The number of hydrogen-bond donors (Lipinski definition) is 0. The van der Waals surface area contributed by atoms with Gasteiger partial charge in [0.1, 0.15) is 10.8 Å². The molecule has 4 heteroatoms. The number of hydrogen-bond acceptors (Lipinski definition) is 3. The van der Waals surface area contributed by atoms with E-state index in [4.69, 9.17) is 16.6 Å². The van der Waals surface area contributed by atoms with Crippen molar-refractivity contribution in [1.82, 2.24) is 9.97 Å². The molecule has 0 fully saturated rings. The summed E-state index contributed by atoms with van der Waals surface area (Å²) in [7, 11) is 0. The van der Waals surface area contributed by atoms with Crippen molar-refractivity contribution < 1.29 is 0 Å². The van der Waals surface area contributed by atoms with Crippen LogP contribution < -0.4 is 0 Å². The summed E-state index contributed by atoms with van der Waals surface area (Å²) >= 11 is 7.81. The van der Waals surface area contributed by atoms with Crippen molar-refractivity contribution in [2.45, 2.75) is 26.7 Å². The van der Waals surface area contributed by atoms with E-state index in [2.05, 4.69) is 43.1 Å². The molecule has 2 heterocycles. The summed E-state index contributed by atoms with van der Waals surface area (Å²) in [4.78, 5) is 10.4. The zero-order chi connectivity index (χ0) is 15.5. The van der Waals surface area contributed by atoms with E-state index in [9.17, 15) is 0 Å². The molecule has 22 heavy (non-hydrogen) atoms. The zero-order valence-electron chi connectivity index (χ0n) is 12.6. The van der Waals surface area contributed by atoms with Crippen molar-refractivity contribution in [3.63, 3.8) is 0 Å². The van der Waals surface area contributed by atoms with Gasteiger partial charge in [0.25, 0.3) is 0 Å². The number of rotatable bonds is 4. The molecule has 0 aliphatic heterocycles. The van der Waals surface area contributed by atoms with Gasteiger partial charge in [-0.3, -0.25) is 0 Å². The van der Waals surface area contributed by atoms with E-state index >= 15 is 0 Å². The lowest BCUT2D eigenvalue weighted by atomic mass is 10.1. The maximum Gasteiger partial charge on any atom is 0.129 e. The van der Waals surface area contributed by atoms with Crippen LogP contribution in [0.3, 0.4) is 0 Å². The quantitative estimate of drug-likeness (QED) is 0.567. The van der Waals surface area contributed by atoms with E-state index in [1.807, 2.05) is 12.1 Å². The molecule has 0 spiro atoms. The van der Waals surface area contributed by atoms with E-state index in [-0.39, 0.29) is 0 Å². The first kappa shape index (κ1) is 15.2. The van der Waals surface area contributed by atoms with Crippen molar-refractivity contribution in [3.05, 3.63) is 58.2 Å². The van der Waals surface area contributed by atoms with Crippen molar-refractivity contribution in [2.75, 3.05) is 0 Å². The lowest BCUT2D eigenvalue weighted by Crippen LogP contribution is -1.89. The maximum absolute atomic E-state index is 6.06. The molecule has 0 aliphatic carbocycles. The fraction of sp³-hybridized carbons (Fsp3) is 0.222. The molecule has 0 saturated heterocycles. The van der Waals surface area contributed by atoms with Crippen molar-refractivity contribution in [3.8, 4) is 21.8 Å². The van der Waals surface area contributed by atoms with Gasteiger partial charge in [-0.25, -0.2) is 9.97 Å². The van der Waals surface area contributed by atoms with E-state index in [0.717, 1.165) is 29.2 Å². The third-order valence-electron chi connectivity index (χ3n) is 3.48. The second-order valence-corrected chi connectivity index (χ2v) is 6.67. The van der Waals surface area contributed by atoms with Gasteiger partial charge in [0.2, 0.25) is 0 Å². The predicted molar refractivity (Wildman–Crippen MR) is 94.5 cm³/mol. The normalized spacial score (nSPS) is 10.9. The summed E-state index contributed by atoms with van der Waals surface area (Å²) in [5.41, 5.74) is 4.24. The first-order valence-corrected chi connectivity index (χ1v) is 8.57. The van der Waals surface area contributed by atoms with Crippen LogP contribution in [-0.4, -0.2) is 9.97 Å². The van der Waals surface area contributed by atoms with Gasteiger partial charge in [0.05, 0.1) is 15.6 Å². The van der Waals surface area contributed by atoms with Gasteiger partial charge in [-0.2, -0.15) is 0 Å². The van der Waals surface area contributed by atoms with Crippen molar-refractivity contribution >= 4 is 22.9 Å². The summed E-state index contributed by atoms with van der Waals surface area (Å²) in [5, 5.41) is 1.65. The number of aryl methyl sites for hydroxylation is 2. The molecule has 0 unspecified atom stereocenters. The monoisotopic (exact) mass is 328 g/mol. The van der Waals surface area contributed by atoms with Crippen LogP contribution in [0.5, 0.6) is 0 Å². The van der Waals surface area contributed by atoms with Crippen LogP contribution in [0.1, 0.15) is 23.9 Å². The molecule has 112 valence electrons. The summed E-state index contributed by atoms with van der Waals surface area (Å²) in [6.45, 7) is 4.30. The van der Waals surface area contributed by atoms with E-state index in [1.165, 1.54) is 16.0 Å². The molecule has 2 aromatic heterocycles. The first-order chi connectivity index (χ1) is 10.7. The number of halogens is 1. The smallest absolute Gasteiger partial charge is 0.129 e. The number of pyridine rings is 1. The van der Waals surface area contributed by atoms with Gasteiger partial charge in [-0.15, -0.1) is 11.3 Å². The minimum absolute atomic E-state index is 0.498. The van der Waals surface area contributed by atoms with Crippen LogP contribution in [0.15, 0.2) is 42.5 Å². The summed E-state index contributed by atoms with van der Waals surface area (Å²) in [6.07, 6.45) is 2.08. The highest BCUT2D eigenvalue weighted by Crippen LogP contribution is 2.38. The Morgan fingerprint density at radius 1 is 1.05 bits per heavy atom. The van der Waals surface area contributed by atoms with E-state index < -0.39 is 0 Å². The Morgan fingerprint density at radius 2 is 1.86 bits per heavy atom. The van der Waals surface area contributed by atoms with Crippen LogP contribution in [0.4, 0.5) is 0 Å². The highest BCUT2D eigenvalue weighted by molar-refractivity contribution is 7.15. The number of benzene rings is 1. The minimum Gasteiger partial charge on any atom is -0.239 e. The SMILES string of the molecule is CCCc1nc(-c2cccc(Cl)n2)c(-c2ccccc2C)s1. The Labute approximate surface area is 139 Å². The molecule has 0 amide bonds. The zero-order valence-corrected chi connectivity index (χ0v) is 14.2. The molecule has 0 aliphatic rings. The molecule has 3 aromatic rings. The van der Waals surface area contributed by atoms with Gasteiger partial charge in [-0.1, -0.05) is 48.9 Å². The average Bonchev–Trinajstić information content (AvgIpc) is 2.92.